The van der Waals surface area contributed by atoms with Gasteiger partial charge in [0, 0.05) is 13.7 Å². The lowest BCUT2D eigenvalue weighted by molar-refractivity contribution is 0.0110. The summed E-state index contributed by atoms with van der Waals surface area (Å²) >= 11 is 5.37. The first-order chi connectivity index (χ1) is 8.05. The largest absolute Gasteiger partial charge is 0.359 e. The maximum atomic E-state index is 5.42. The van der Waals surface area contributed by atoms with E-state index in [2.05, 4.69) is 36.2 Å². The Balaban J connectivity index is 2.18. The Labute approximate surface area is 108 Å². The van der Waals surface area contributed by atoms with Gasteiger partial charge in [0.05, 0.1) is 5.54 Å². The van der Waals surface area contributed by atoms with Crippen LogP contribution in [0.25, 0.3) is 0 Å². The molecule has 1 heterocycles. The number of thiocarbonyl (C=S) groups is 1. The Kier molecular flexibility index (Phi) is 3.35. The van der Waals surface area contributed by atoms with Gasteiger partial charge in [0.2, 0.25) is 0 Å². The Morgan fingerprint density at radius 3 is 2.53 bits per heavy atom. The van der Waals surface area contributed by atoms with Gasteiger partial charge in [-0.3, -0.25) is 0 Å². The summed E-state index contributed by atoms with van der Waals surface area (Å²) in [5.41, 5.74) is 1.11. The quantitative estimate of drug-likeness (QED) is 0.831. The van der Waals surface area contributed by atoms with E-state index >= 15 is 0 Å². The van der Waals surface area contributed by atoms with Crippen molar-refractivity contribution < 1.29 is 4.74 Å². The van der Waals surface area contributed by atoms with Crippen LogP contribution in [0.4, 0.5) is 0 Å². The number of rotatable bonds is 3. The third kappa shape index (κ3) is 2.28. The number of benzene rings is 1. The van der Waals surface area contributed by atoms with Crippen LogP contribution in [-0.2, 0) is 11.3 Å². The van der Waals surface area contributed by atoms with Crippen molar-refractivity contribution in [1.29, 1.82) is 0 Å². The molecule has 1 aliphatic heterocycles. The van der Waals surface area contributed by atoms with Crippen molar-refractivity contribution in [2.75, 3.05) is 7.11 Å². The molecule has 1 atom stereocenters. The molecule has 2 rings (SSSR count). The fraction of sp³-hybridized carbons (Fsp3) is 0.462. The lowest BCUT2D eigenvalue weighted by atomic mass is 10.0. The van der Waals surface area contributed by atoms with Gasteiger partial charge in [0.25, 0.3) is 0 Å². The van der Waals surface area contributed by atoms with Crippen LogP contribution in [0.2, 0.25) is 0 Å². The van der Waals surface area contributed by atoms with Crippen LogP contribution in [0.1, 0.15) is 19.4 Å². The molecule has 92 valence electrons. The van der Waals surface area contributed by atoms with E-state index in [1.807, 2.05) is 18.2 Å². The van der Waals surface area contributed by atoms with Gasteiger partial charge in [0.15, 0.2) is 11.3 Å². The monoisotopic (exact) mass is 250 g/mol. The highest BCUT2D eigenvalue weighted by Crippen LogP contribution is 2.27. The van der Waals surface area contributed by atoms with E-state index in [9.17, 15) is 0 Å². The molecule has 0 unspecified atom stereocenters. The first-order valence-corrected chi connectivity index (χ1v) is 6.11. The molecule has 0 aliphatic carbocycles. The van der Waals surface area contributed by atoms with E-state index in [0.717, 1.165) is 11.7 Å². The molecule has 0 amide bonds. The number of methoxy groups -OCH3 is 1. The number of ether oxygens (including phenoxy) is 1. The predicted molar refractivity (Wildman–Crippen MR) is 72.6 cm³/mol. The van der Waals surface area contributed by atoms with Gasteiger partial charge >= 0.3 is 0 Å². The third-order valence-corrected chi connectivity index (χ3v) is 3.59. The molecule has 0 saturated carbocycles. The minimum Gasteiger partial charge on any atom is -0.359 e. The number of hydrogen-bond donors (Lipinski definition) is 1. The fourth-order valence-corrected chi connectivity index (χ4v) is 2.57. The summed E-state index contributed by atoms with van der Waals surface area (Å²) in [6, 6.07) is 10.3. The number of nitrogens with one attached hydrogen (secondary N) is 1. The van der Waals surface area contributed by atoms with Crippen LogP contribution in [0.3, 0.4) is 0 Å². The highest BCUT2D eigenvalue weighted by molar-refractivity contribution is 7.80. The normalized spacial score (nSPS) is 22.6. The second-order valence-electron chi connectivity index (χ2n) is 4.79. The second-order valence-corrected chi connectivity index (χ2v) is 5.18. The van der Waals surface area contributed by atoms with Crippen molar-refractivity contribution in [2.24, 2.45) is 0 Å². The molecule has 3 nitrogen and oxygen atoms in total. The summed E-state index contributed by atoms with van der Waals surface area (Å²) < 4.78 is 5.42. The minimum atomic E-state index is -0.137. The van der Waals surface area contributed by atoms with Crippen LogP contribution in [0.5, 0.6) is 0 Å². The molecule has 4 heteroatoms. The van der Waals surface area contributed by atoms with Crippen molar-refractivity contribution in [3.05, 3.63) is 35.9 Å². The maximum Gasteiger partial charge on any atom is 0.171 e. The van der Waals surface area contributed by atoms with Crippen LogP contribution < -0.4 is 5.32 Å². The van der Waals surface area contributed by atoms with Crippen molar-refractivity contribution in [3.63, 3.8) is 0 Å². The van der Waals surface area contributed by atoms with Gasteiger partial charge in [-0.25, -0.2) is 0 Å². The van der Waals surface area contributed by atoms with Crippen LogP contribution >= 0.6 is 12.2 Å². The van der Waals surface area contributed by atoms with E-state index in [0.29, 0.717) is 0 Å². The highest BCUT2D eigenvalue weighted by atomic mass is 32.1. The maximum absolute atomic E-state index is 5.42. The summed E-state index contributed by atoms with van der Waals surface area (Å²) in [6.07, 6.45) is -0.0567. The lowest BCUT2D eigenvalue weighted by Crippen LogP contribution is -2.46. The van der Waals surface area contributed by atoms with Crippen molar-refractivity contribution in [1.82, 2.24) is 10.2 Å². The summed E-state index contributed by atoms with van der Waals surface area (Å²) in [5.74, 6) is 0. The molecule has 1 saturated heterocycles. The van der Waals surface area contributed by atoms with Gasteiger partial charge in [0.1, 0.15) is 0 Å². The Hall–Kier alpha value is -1.13. The average molecular weight is 250 g/mol. The predicted octanol–water partition coefficient (Wildman–Crippen LogP) is 2.13. The first kappa shape index (κ1) is 12.3. The SMILES string of the molecule is CO[C@@H]1NC(=S)N(Cc2ccccc2)C1(C)C. The van der Waals surface area contributed by atoms with Crippen LogP contribution in [0.15, 0.2) is 30.3 Å². The molecular weight excluding hydrogens is 232 g/mol. The lowest BCUT2D eigenvalue weighted by Gasteiger charge is -2.34. The molecule has 0 bridgehead atoms. The number of hydrogen-bond acceptors (Lipinski definition) is 2. The fourth-order valence-electron chi connectivity index (χ4n) is 2.16. The zero-order valence-electron chi connectivity index (χ0n) is 10.4. The molecule has 1 fully saturated rings. The Morgan fingerprint density at radius 2 is 2.00 bits per heavy atom. The molecule has 1 aromatic rings. The van der Waals surface area contributed by atoms with Crippen molar-refractivity contribution in [3.8, 4) is 0 Å². The van der Waals surface area contributed by atoms with E-state index < -0.39 is 0 Å². The van der Waals surface area contributed by atoms with E-state index in [1.54, 1.807) is 7.11 Å². The van der Waals surface area contributed by atoms with Gasteiger partial charge in [-0.15, -0.1) is 0 Å². The first-order valence-electron chi connectivity index (χ1n) is 5.70. The smallest absolute Gasteiger partial charge is 0.171 e. The molecule has 1 aromatic carbocycles. The Morgan fingerprint density at radius 1 is 1.35 bits per heavy atom. The third-order valence-electron chi connectivity index (χ3n) is 3.26. The minimum absolute atomic E-state index is 0.0567. The van der Waals surface area contributed by atoms with Crippen molar-refractivity contribution in [2.45, 2.75) is 32.2 Å². The second kappa shape index (κ2) is 4.63. The Bertz CT molecular complexity index is 405. The zero-order valence-corrected chi connectivity index (χ0v) is 11.3. The van der Waals surface area contributed by atoms with Gasteiger partial charge < -0.3 is 15.0 Å². The van der Waals surface area contributed by atoms with Gasteiger partial charge in [-0.1, -0.05) is 30.3 Å². The summed E-state index contributed by atoms with van der Waals surface area (Å²) in [5, 5.41) is 3.95. The molecule has 0 aromatic heterocycles. The van der Waals surface area contributed by atoms with Crippen LogP contribution in [0, 0.1) is 0 Å². The molecular formula is C13H18N2OS. The molecule has 1 N–H and O–H groups in total. The van der Waals surface area contributed by atoms with E-state index in [4.69, 9.17) is 17.0 Å². The van der Waals surface area contributed by atoms with E-state index in [-0.39, 0.29) is 11.8 Å². The summed E-state index contributed by atoms with van der Waals surface area (Å²) in [7, 11) is 1.70. The topological polar surface area (TPSA) is 24.5 Å². The molecule has 0 radical (unpaired) electrons. The molecule has 17 heavy (non-hydrogen) atoms. The standard InChI is InChI=1S/C13H18N2OS/c1-13(2)11(16-3)14-12(17)15(13)9-10-7-5-4-6-8-10/h4-8,11H,9H2,1-3H3,(H,14,17)/t11-/m0/s1. The van der Waals surface area contributed by atoms with Gasteiger partial charge in [-0.05, 0) is 31.6 Å². The highest BCUT2D eigenvalue weighted by Gasteiger charge is 2.44. The zero-order chi connectivity index (χ0) is 12.5. The summed E-state index contributed by atoms with van der Waals surface area (Å²) in [4.78, 5) is 2.17. The van der Waals surface area contributed by atoms with E-state index in [1.165, 1.54) is 5.56 Å². The van der Waals surface area contributed by atoms with Crippen LogP contribution in [-0.4, -0.2) is 28.9 Å². The van der Waals surface area contributed by atoms with Gasteiger partial charge in [-0.2, -0.15) is 0 Å². The van der Waals surface area contributed by atoms with Crippen molar-refractivity contribution >= 4 is 17.3 Å². The molecule has 1 aliphatic rings. The average Bonchev–Trinajstić information content (AvgIpc) is 2.53. The number of nitrogens with zero attached hydrogens (tertiary/aromatic N) is 1. The summed E-state index contributed by atoms with van der Waals surface area (Å²) in [6.45, 7) is 5.08. The molecule has 0 spiro atoms.